The van der Waals surface area contributed by atoms with Crippen LogP contribution in [0.1, 0.15) is 18.1 Å². The number of rotatable bonds is 11. The highest BCUT2D eigenvalue weighted by Crippen LogP contribution is 2.33. The fourth-order valence-corrected chi connectivity index (χ4v) is 3.56. The molecule has 0 saturated heterocycles. The molecule has 3 rings (SSSR count). The van der Waals surface area contributed by atoms with Crippen LogP contribution in [-0.4, -0.2) is 34.0 Å². The lowest BCUT2D eigenvalue weighted by atomic mass is 10.0. The van der Waals surface area contributed by atoms with Crippen molar-refractivity contribution in [2.45, 2.75) is 20.0 Å². The molecule has 0 unspecified atom stereocenters. The molecule has 0 amide bonds. The highest BCUT2D eigenvalue weighted by atomic mass is 35.5. The third-order valence-electron chi connectivity index (χ3n) is 4.86. The minimum absolute atomic E-state index is 0.515. The van der Waals surface area contributed by atoms with Crippen LogP contribution in [0.3, 0.4) is 0 Å². The predicted octanol–water partition coefficient (Wildman–Crippen LogP) is 5.22. The Morgan fingerprint density at radius 3 is 2.40 bits per heavy atom. The second-order valence-electron chi connectivity index (χ2n) is 6.71. The first-order chi connectivity index (χ1) is 14.7. The van der Waals surface area contributed by atoms with Crippen LogP contribution in [0.25, 0.3) is 10.8 Å². The molecule has 6 heteroatoms. The number of hydrogen-bond acceptors (Lipinski definition) is 5. The molecule has 0 aliphatic carbocycles. The summed E-state index contributed by atoms with van der Waals surface area (Å²) < 4.78 is 22.1. The van der Waals surface area contributed by atoms with Gasteiger partial charge in [-0.15, -0.1) is 0 Å². The lowest BCUT2D eigenvalue weighted by Crippen LogP contribution is -2.15. The molecular weight excluding hydrogens is 402 g/mol. The van der Waals surface area contributed by atoms with Gasteiger partial charge in [-0.3, -0.25) is 0 Å². The van der Waals surface area contributed by atoms with Gasteiger partial charge in [0.1, 0.15) is 12.4 Å². The Hall–Kier alpha value is -2.47. The molecule has 0 bridgehead atoms. The van der Waals surface area contributed by atoms with Crippen molar-refractivity contribution in [3.05, 3.63) is 64.7 Å². The summed E-state index contributed by atoms with van der Waals surface area (Å²) >= 11 is 6.43. The van der Waals surface area contributed by atoms with Crippen LogP contribution in [-0.2, 0) is 17.8 Å². The zero-order valence-corrected chi connectivity index (χ0v) is 18.4. The van der Waals surface area contributed by atoms with Crippen LogP contribution in [0, 0.1) is 0 Å². The summed E-state index contributed by atoms with van der Waals surface area (Å²) in [5, 5.41) is 6.46. The van der Waals surface area contributed by atoms with Gasteiger partial charge < -0.3 is 24.3 Å². The SMILES string of the molecule is CCOCCOc1ccc2ccccc2c1CNCc1cc(OC)c(OC)cc1Cl. The Labute approximate surface area is 182 Å². The van der Waals surface area contributed by atoms with E-state index in [1.54, 1.807) is 20.3 Å². The third kappa shape index (κ3) is 5.36. The van der Waals surface area contributed by atoms with Gasteiger partial charge in [-0.25, -0.2) is 0 Å². The number of hydrogen-bond donors (Lipinski definition) is 1. The maximum absolute atomic E-state index is 6.43. The van der Waals surface area contributed by atoms with Gasteiger partial charge in [-0.2, -0.15) is 0 Å². The molecule has 0 saturated carbocycles. The second kappa shape index (κ2) is 11.1. The molecule has 0 aliphatic rings. The minimum atomic E-state index is 0.515. The molecule has 0 aromatic heterocycles. The van der Waals surface area contributed by atoms with Crippen LogP contribution in [0.15, 0.2) is 48.5 Å². The third-order valence-corrected chi connectivity index (χ3v) is 5.21. The van der Waals surface area contributed by atoms with E-state index in [0.717, 1.165) is 22.3 Å². The molecule has 0 atom stereocenters. The number of nitrogens with one attached hydrogen (secondary N) is 1. The van der Waals surface area contributed by atoms with Gasteiger partial charge >= 0.3 is 0 Å². The Morgan fingerprint density at radius 2 is 1.63 bits per heavy atom. The fraction of sp³-hybridized carbons (Fsp3) is 0.333. The normalized spacial score (nSPS) is 10.9. The van der Waals surface area contributed by atoms with Crippen LogP contribution in [0.2, 0.25) is 5.02 Å². The molecule has 0 aliphatic heterocycles. The van der Waals surface area contributed by atoms with E-state index in [-0.39, 0.29) is 0 Å². The van der Waals surface area contributed by atoms with E-state index in [0.29, 0.717) is 49.4 Å². The molecule has 0 fully saturated rings. The zero-order valence-electron chi connectivity index (χ0n) is 17.7. The number of fused-ring (bicyclic) bond motifs is 1. The first kappa shape index (κ1) is 22.2. The van der Waals surface area contributed by atoms with E-state index >= 15 is 0 Å². The first-order valence-corrected chi connectivity index (χ1v) is 10.4. The molecule has 3 aromatic carbocycles. The van der Waals surface area contributed by atoms with E-state index in [1.807, 2.05) is 31.2 Å². The van der Waals surface area contributed by atoms with Gasteiger partial charge in [0.2, 0.25) is 0 Å². The Balaban J connectivity index is 1.77. The maximum Gasteiger partial charge on any atom is 0.162 e. The summed E-state index contributed by atoms with van der Waals surface area (Å²) in [6, 6.07) is 16.1. The maximum atomic E-state index is 6.43. The molecule has 5 nitrogen and oxygen atoms in total. The monoisotopic (exact) mass is 429 g/mol. The largest absolute Gasteiger partial charge is 0.493 e. The molecular formula is C24H28ClNO4. The van der Waals surface area contributed by atoms with Gasteiger partial charge in [-0.05, 0) is 35.4 Å². The molecule has 0 spiro atoms. The van der Waals surface area contributed by atoms with Crippen LogP contribution < -0.4 is 19.5 Å². The van der Waals surface area contributed by atoms with Crippen LogP contribution in [0.5, 0.6) is 17.2 Å². The van der Waals surface area contributed by atoms with Gasteiger partial charge in [0, 0.05) is 36.3 Å². The molecule has 0 radical (unpaired) electrons. The van der Waals surface area contributed by atoms with E-state index < -0.39 is 0 Å². The summed E-state index contributed by atoms with van der Waals surface area (Å²) in [6.07, 6.45) is 0. The Morgan fingerprint density at radius 1 is 0.867 bits per heavy atom. The topological polar surface area (TPSA) is 49.0 Å². The fourth-order valence-electron chi connectivity index (χ4n) is 3.34. The van der Waals surface area contributed by atoms with Crippen molar-refractivity contribution in [2.75, 3.05) is 34.0 Å². The Bertz CT molecular complexity index is 977. The molecule has 30 heavy (non-hydrogen) atoms. The summed E-state index contributed by atoms with van der Waals surface area (Å²) in [5.74, 6) is 2.13. The van der Waals surface area contributed by atoms with Crippen LogP contribution >= 0.6 is 11.6 Å². The lowest BCUT2D eigenvalue weighted by Gasteiger charge is -2.16. The van der Waals surface area contributed by atoms with Gasteiger partial charge in [0.05, 0.1) is 20.8 Å². The smallest absolute Gasteiger partial charge is 0.162 e. The predicted molar refractivity (Wildman–Crippen MR) is 121 cm³/mol. The standard InChI is InChI=1S/C24H28ClNO4/c1-4-29-11-12-30-22-10-9-17-7-5-6-8-19(17)20(22)16-26-15-18-13-23(27-2)24(28-3)14-21(18)25/h5-10,13-14,26H,4,11-12,15-16H2,1-3H3. The molecule has 160 valence electrons. The Kier molecular flexibility index (Phi) is 8.20. The van der Waals surface area contributed by atoms with Gasteiger partial charge in [0.15, 0.2) is 11.5 Å². The zero-order chi connectivity index (χ0) is 21.3. The minimum Gasteiger partial charge on any atom is -0.493 e. The quantitative estimate of drug-likeness (QED) is 0.424. The van der Waals surface area contributed by atoms with Crippen molar-refractivity contribution in [2.24, 2.45) is 0 Å². The highest BCUT2D eigenvalue weighted by Gasteiger charge is 2.12. The van der Waals surface area contributed by atoms with E-state index in [4.69, 9.17) is 30.5 Å². The van der Waals surface area contributed by atoms with Crippen molar-refractivity contribution in [3.63, 3.8) is 0 Å². The van der Waals surface area contributed by atoms with E-state index in [9.17, 15) is 0 Å². The van der Waals surface area contributed by atoms with Gasteiger partial charge in [-0.1, -0.05) is 41.9 Å². The average molecular weight is 430 g/mol. The molecule has 0 heterocycles. The van der Waals surface area contributed by atoms with Crippen molar-refractivity contribution < 1.29 is 18.9 Å². The van der Waals surface area contributed by atoms with Crippen molar-refractivity contribution in [3.8, 4) is 17.2 Å². The van der Waals surface area contributed by atoms with E-state index in [2.05, 4.69) is 23.5 Å². The first-order valence-electron chi connectivity index (χ1n) is 10.00. The summed E-state index contributed by atoms with van der Waals surface area (Å²) in [7, 11) is 3.21. The van der Waals surface area contributed by atoms with Crippen molar-refractivity contribution >= 4 is 22.4 Å². The highest BCUT2D eigenvalue weighted by molar-refractivity contribution is 6.31. The number of ether oxygens (including phenoxy) is 4. The summed E-state index contributed by atoms with van der Waals surface area (Å²) in [4.78, 5) is 0. The van der Waals surface area contributed by atoms with Gasteiger partial charge in [0.25, 0.3) is 0 Å². The van der Waals surface area contributed by atoms with Crippen molar-refractivity contribution in [1.29, 1.82) is 0 Å². The average Bonchev–Trinajstić information content (AvgIpc) is 2.78. The second-order valence-corrected chi connectivity index (χ2v) is 7.12. The van der Waals surface area contributed by atoms with E-state index in [1.165, 1.54) is 5.39 Å². The molecule has 3 aromatic rings. The number of halogens is 1. The lowest BCUT2D eigenvalue weighted by molar-refractivity contribution is 0.110. The molecule has 1 N–H and O–H groups in total. The van der Waals surface area contributed by atoms with Crippen LogP contribution in [0.4, 0.5) is 0 Å². The number of methoxy groups -OCH3 is 2. The number of benzene rings is 3. The van der Waals surface area contributed by atoms with Crippen molar-refractivity contribution in [1.82, 2.24) is 5.32 Å². The summed E-state index contributed by atoms with van der Waals surface area (Å²) in [6.45, 7) is 4.96. The summed E-state index contributed by atoms with van der Waals surface area (Å²) in [5.41, 5.74) is 2.05.